The van der Waals surface area contributed by atoms with E-state index in [1.54, 1.807) is 0 Å². The Morgan fingerprint density at radius 3 is 2.62 bits per heavy atom. The molecular formula is C16H13FN2O5. The number of nitro groups is 1. The smallest absolute Gasteiger partial charge is 0.273 e. The summed E-state index contributed by atoms with van der Waals surface area (Å²) in [5, 5.41) is 13.1. The average molecular weight is 332 g/mol. The topological polar surface area (TPSA) is 98.5 Å². The van der Waals surface area contributed by atoms with Crippen molar-refractivity contribution >= 4 is 23.1 Å². The minimum atomic E-state index is -0.797. The molecule has 2 aromatic carbocycles. The number of benzene rings is 2. The van der Waals surface area contributed by atoms with Gasteiger partial charge in [-0.25, -0.2) is 4.39 Å². The van der Waals surface area contributed by atoms with Crippen LogP contribution in [0.3, 0.4) is 0 Å². The average Bonchev–Trinajstić information content (AvgIpc) is 2.52. The normalized spacial score (nSPS) is 10.1. The van der Waals surface area contributed by atoms with E-state index >= 15 is 0 Å². The minimum Gasteiger partial charge on any atom is -0.485 e. The standard InChI is InChI=1S/C16H13FN2O5/c1-10(20)18-11-5-6-14(15(17)7-11)16(21)9-24-13-4-2-3-12(8-13)19(22)23/h2-8H,9H2,1H3,(H,18,20). The number of ether oxygens (including phenoxy) is 1. The largest absolute Gasteiger partial charge is 0.485 e. The Bertz CT molecular complexity index is 807. The number of non-ortho nitro benzene ring substituents is 1. The number of anilines is 1. The third-order valence-corrected chi connectivity index (χ3v) is 2.99. The summed E-state index contributed by atoms with van der Waals surface area (Å²) >= 11 is 0. The van der Waals surface area contributed by atoms with Gasteiger partial charge in [-0.3, -0.25) is 19.7 Å². The minimum absolute atomic E-state index is 0.132. The molecule has 2 rings (SSSR count). The van der Waals surface area contributed by atoms with Crippen LogP contribution in [0.25, 0.3) is 0 Å². The quantitative estimate of drug-likeness (QED) is 0.498. The number of carbonyl (C=O) groups is 2. The first-order valence-electron chi connectivity index (χ1n) is 6.84. The molecule has 124 valence electrons. The van der Waals surface area contributed by atoms with E-state index in [1.165, 1.54) is 43.3 Å². The molecule has 0 radical (unpaired) electrons. The summed E-state index contributed by atoms with van der Waals surface area (Å²) in [5.41, 5.74) is -0.142. The highest BCUT2D eigenvalue weighted by Gasteiger charge is 2.14. The molecule has 0 fully saturated rings. The number of hydrogen-bond donors (Lipinski definition) is 1. The molecule has 0 aromatic heterocycles. The van der Waals surface area contributed by atoms with E-state index in [-0.39, 0.29) is 28.6 Å². The van der Waals surface area contributed by atoms with Gasteiger partial charge in [0.2, 0.25) is 11.7 Å². The predicted molar refractivity (Wildman–Crippen MR) is 83.6 cm³/mol. The molecule has 24 heavy (non-hydrogen) atoms. The Hall–Kier alpha value is -3.29. The molecule has 1 N–H and O–H groups in total. The Morgan fingerprint density at radius 1 is 1.25 bits per heavy atom. The van der Waals surface area contributed by atoms with Gasteiger partial charge in [0.25, 0.3) is 5.69 Å². The third kappa shape index (κ3) is 4.35. The molecule has 1 amide bonds. The summed E-state index contributed by atoms with van der Waals surface area (Å²) in [5.74, 6) is -1.66. The lowest BCUT2D eigenvalue weighted by Gasteiger charge is -2.08. The van der Waals surface area contributed by atoms with Crippen LogP contribution in [-0.2, 0) is 4.79 Å². The van der Waals surface area contributed by atoms with E-state index < -0.39 is 23.1 Å². The summed E-state index contributed by atoms with van der Waals surface area (Å²) in [6, 6.07) is 8.99. The summed E-state index contributed by atoms with van der Waals surface area (Å²) in [4.78, 5) is 33.0. The second kappa shape index (κ2) is 7.32. The first-order valence-corrected chi connectivity index (χ1v) is 6.84. The molecule has 0 spiro atoms. The lowest BCUT2D eigenvalue weighted by Crippen LogP contribution is -2.14. The van der Waals surface area contributed by atoms with Gasteiger partial charge >= 0.3 is 0 Å². The van der Waals surface area contributed by atoms with Crippen LogP contribution in [0.4, 0.5) is 15.8 Å². The summed E-state index contributed by atoms with van der Waals surface area (Å²) in [6.45, 7) is 0.807. The lowest BCUT2D eigenvalue weighted by atomic mass is 10.1. The van der Waals surface area contributed by atoms with Gasteiger partial charge in [0, 0.05) is 18.7 Å². The van der Waals surface area contributed by atoms with E-state index in [2.05, 4.69) is 5.32 Å². The highest BCUT2D eigenvalue weighted by atomic mass is 19.1. The fourth-order valence-electron chi connectivity index (χ4n) is 1.94. The van der Waals surface area contributed by atoms with Gasteiger partial charge in [-0.15, -0.1) is 0 Å². The van der Waals surface area contributed by atoms with Crippen LogP contribution in [0.5, 0.6) is 5.75 Å². The van der Waals surface area contributed by atoms with Crippen molar-refractivity contribution in [2.75, 3.05) is 11.9 Å². The van der Waals surface area contributed by atoms with Crippen LogP contribution < -0.4 is 10.1 Å². The van der Waals surface area contributed by atoms with Gasteiger partial charge in [-0.2, -0.15) is 0 Å². The molecule has 0 unspecified atom stereocenters. The number of halogens is 1. The third-order valence-electron chi connectivity index (χ3n) is 2.99. The molecule has 0 aliphatic carbocycles. The van der Waals surface area contributed by atoms with Crippen LogP contribution in [0.15, 0.2) is 42.5 Å². The van der Waals surface area contributed by atoms with Crippen LogP contribution >= 0.6 is 0 Å². The number of ketones is 1. The number of carbonyl (C=O) groups excluding carboxylic acids is 2. The first-order chi connectivity index (χ1) is 11.4. The Morgan fingerprint density at radius 2 is 2.00 bits per heavy atom. The SMILES string of the molecule is CC(=O)Nc1ccc(C(=O)COc2cccc([N+](=O)[O-])c2)c(F)c1. The van der Waals surface area contributed by atoms with Crippen molar-refractivity contribution in [3.63, 3.8) is 0 Å². The molecule has 8 heteroatoms. The van der Waals surface area contributed by atoms with Gasteiger partial charge in [-0.1, -0.05) is 6.07 Å². The van der Waals surface area contributed by atoms with Gasteiger partial charge < -0.3 is 10.1 Å². The zero-order valence-electron chi connectivity index (χ0n) is 12.6. The van der Waals surface area contributed by atoms with Crippen LogP contribution in [0, 0.1) is 15.9 Å². The summed E-state index contributed by atoms with van der Waals surface area (Å²) < 4.78 is 19.1. The lowest BCUT2D eigenvalue weighted by molar-refractivity contribution is -0.384. The summed E-state index contributed by atoms with van der Waals surface area (Å²) in [6.07, 6.45) is 0. The van der Waals surface area contributed by atoms with Crippen molar-refractivity contribution in [1.82, 2.24) is 0 Å². The number of nitrogens with one attached hydrogen (secondary N) is 1. The van der Waals surface area contributed by atoms with Crippen LogP contribution in [-0.4, -0.2) is 23.2 Å². The zero-order valence-corrected chi connectivity index (χ0v) is 12.6. The van der Waals surface area contributed by atoms with Crippen molar-refractivity contribution < 1.29 is 23.6 Å². The molecule has 0 bridgehead atoms. The maximum atomic E-state index is 13.9. The number of nitrogens with zero attached hydrogens (tertiary/aromatic N) is 1. The van der Waals surface area contributed by atoms with Gasteiger partial charge in [0.05, 0.1) is 16.6 Å². The monoisotopic (exact) mass is 332 g/mol. The van der Waals surface area contributed by atoms with Crippen molar-refractivity contribution in [1.29, 1.82) is 0 Å². The highest BCUT2D eigenvalue weighted by molar-refractivity contribution is 5.98. The highest BCUT2D eigenvalue weighted by Crippen LogP contribution is 2.20. The van der Waals surface area contributed by atoms with E-state index in [0.717, 1.165) is 6.07 Å². The molecular weight excluding hydrogens is 319 g/mol. The van der Waals surface area contributed by atoms with Gasteiger partial charge in [0.1, 0.15) is 11.6 Å². The molecule has 0 atom stereocenters. The molecule has 0 aliphatic rings. The molecule has 2 aromatic rings. The number of hydrogen-bond acceptors (Lipinski definition) is 5. The number of rotatable bonds is 6. The summed E-state index contributed by atoms with van der Waals surface area (Å²) in [7, 11) is 0. The maximum Gasteiger partial charge on any atom is 0.273 e. The fraction of sp³-hybridized carbons (Fsp3) is 0.125. The first kappa shape index (κ1) is 17.1. The second-order valence-corrected chi connectivity index (χ2v) is 4.84. The van der Waals surface area contributed by atoms with Crippen LogP contribution in [0.2, 0.25) is 0 Å². The zero-order chi connectivity index (χ0) is 17.7. The fourth-order valence-corrected chi connectivity index (χ4v) is 1.94. The van der Waals surface area contributed by atoms with Gasteiger partial charge in [0.15, 0.2) is 6.61 Å². The molecule has 0 saturated heterocycles. The second-order valence-electron chi connectivity index (χ2n) is 4.84. The van der Waals surface area contributed by atoms with Crippen LogP contribution in [0.1, 0.15) is 17.3 Å². The molecule has 0 heterocycles. The number of Topliss-reactive ketones (excluding diaryl/α,β-unsaturated/α-hetero) is 1. The van der Waals surface area contributed by atoms with E-state index in [4.69, 9.17) is 4.74 Å². The number of nitro benzene ring substituents is 1. The van der Waals surface area contributed by atoms with E-state index in [0.29, 0.717) is 0 Å². The Balaban J connectivity index is 2.06. The van der Waals surface area contributed by atoms with Crippen molar-refractivity contribution in [2.45, 2.75) is 6.92 Å². The molecule has 7 nitrogen and oxygen atoms in total. The van der Waals surface area contributed by atoms with Gasteiger partial charge in [-0.05, 0) is 24.3 Å². The van der Waals surface area contributed by atoms with Crippen molar-refractivity contribution in [3.8, 4) is 5.75 Å². The maximum absolute atomic E-state index is 13.9. The van der Waals surface area contributed by atoms with E-state index in [9.17, 15) is 24.1 Å². The molecule has 0 aliphatic heterocycles. The Kier molecular flexibility index (Phi) is 5.20. The Labute approximate surface area is 136 Å². The number of amides is 1. The van der Waals surface area contributed by atoms with Crippen molar-refractivity contribution in [3.05, 3.63) is 64.0 Å². The van der Waals surface area contributed by atoms with E-state index in [1.807, 2.05) is 0 Å². The predicted octanol–water partition coefficient (Wildman–Crippen LogP) is 2.95. The van der Waals surface area contributed by atoms with Crippen molar-refractivity contribution in [2.24, 2.45) is 0 Å². The molecule has 0 saturated carbocycles.